The number of alkyl halides is 2. The van der Waals surface area contributed by atoms with E-state index in [1.807, 2.05) is 0 Å². The number of anilines is 1. The maximum Gasteiger partial charge on any atom is 0.328 e. The lowest BCUT2D eigenvalue weighted by atomic mass is 10.3. The van der Waals surface area contributed by atoms with Gasteiger partial charge in [-0.05, 0) is 24.3 Å². The highest BCUT2D eigenvalue weighted by Crippen LogP contribution is 2.26. The number of carboxylic acids is 1. The Morgan fingerprint density at radius 1 is 1.22 bits per heavy atom. The molecule has 1 amide bonds. The van der Waals surface area contributed by atoms with Gasteiger partial charge >= 0.3 is 5.97 Å². The number of carbonyl (C=O) groups excluding carboxylic acids is 1. The number of hydrogen-bond acceptors (Lipinski definition) is 3. The van der Waals surface area contributed by atoms with Crippen molar-refractivity contribution in [1.82, 2.24) is 0 Å². The van der Waals surface area contributed by atoms with Gasteiger partial charge in [0.2, 0.25) is 5.91 Å². The van der Waals surface area contributed by atoms with Crippen molar-refractivity contribution in [2.24, 2.45) is 0 Å². The molecular weight excluding hydrogens is 264 g/mol. The van der Waals surface area contributed by atoms with Gasteiger partial charge in [-0.25, -0.2) is 4.79 Å². The van der Waals surface area contributed by atoms with E-state index in [2.05, 4.69) is 5.32 Å². The Kier molecular flexibility index (Phi) is 5.31. The average Bonchev–Trinajstić information content (AvgIpc) is 2.28. The first kappa shape index (κ1) is 14.2. The van der Waals surface area contributed by atoms with E-state index < -0.39 is 17.6 Å². The number of hydrogen-bond donors (Lipinski definition) is 2. The summed E-state index contributed by atoms with van der Waals surface area (Å²) in [5, 5.41) is 10.7. The molecule has 96 valence electrons. The molecule has 18 heavy (non-hydrogen) atoms. The molecular formula is C11H9F2NO3S. The lowest BCUT2D eigenvalue weighted by Gasteiger charge is -2.03. The zero-order chi connectivity index (χ0) is 13.5. The molecule has 0 bridgehead atoms. The van der Waals surface area contributed by atoms with Gasteiger partial charge in [0.25, 0.3) is 5.76 Å². The number of carboxylic acid groups (broad SMARTS) is 1. The Hall–Kier alpha value is -1.89. The lowest BCUT2D eigenvalue weighted by Crippen LogP contribution is -2.08. The van der Waals surface area contributed by atoms with Crippen LogP contribution in [0.25, 0.3) is 0 Å². The standard InChI is InChI=1S/C11H9F2NO3S/c12-11(13)18-8-3-1-7(2-4-8)14-9(15)5-6-10(16)17/h1-6,11H,(H,14,15)(H,16,17)/b6-5-. The molecule has 0 unspecified atom stereocenters. The maximum atomic E-state index is 12.0. The van der Waals surface area contributed by atoms with Crippen LogP contribution in [0.15, 0.2) is 41.3 Å². The van der Waals surface area contributed by atoms with E-state index in [1.165, 1.54) is 24.3 Å². The molecule has 1 rings (SSSR count). The van der Waals surface area contributed by atoms with Crippen LogP contribution in [-0.2, 0) is 9.59 Å². The predicted molar refractivity (Wildman–Crippen MR) is 63.7 cm³/mol. The van der Waals surface area contributed by atoms with Gasteiger partial charge in [0.15, 0.2) is 0 Å². The number of benzene rings is 1. The minimum Gasteiger partial charge on any atom is -0.478 e. The van der Waals surface area contributed by atoms with Crippen LogP contribution in [0.2, 0.25) is 0 Å². The van der Waals surface area contributed by atoms with Crippen LogP contribution in [0.5, 0.6) is 0 Å². The molecule has 0 aliphatic heterocycles. The number of nitrogens with one attached hydrogen (secondary N) is 1. The highest BCUT2D eigenvalue weighted by Gasteiger charge is 2.05. The molecule has 0 saturated heterocycles. The highest BCUT2D eigenvalue weighted by molar-refractivity contribution is 7.99. The van der Waals surface area contributed by atoms with Crippen LogP contribution in [0, 0.1) is 0 Å². The van der Waals surface area contributed by atoms with Crippen LogP contribution in [0.3, 0.4) is 0 Å². The van der Waals surface area contributed by atoms with Gasteiger partial charge in [-0.2, -0.15) is 8.78 Å². The van der Waals surface area contributed by atoms with E-state index >= 15 is 0 Å². The van der Waals surface area contributed by atoms with Gasteiger partial charge in [-0.3, -0.25) is 4.79 Å². The van der Waals surface area contributed by atoms with Gasteiger partial charge in [-0.1, -0.05) is 11.8 Å². The minimum atomic E-state index is -2.50. The van der Waals surface area contributed by atoms with Crippen LogP contribution < -0.4 is 5.32 Å². The maximum absolute atomic E-state index is 12.0. The van der Waals surface area contributed by atoms with Gasteiger partial charge in [-0.15, -0.1) is 0 Å². The van der Waals surface area contributed by atoms with Crippen LogP contribution in [0.1, 0.15) is 0 Å². The number of rotatable bonds is 5. The van der Waals surface area contributed by atoms with E-state index in [-0.39, 0.29) is 0 Å². The molecule has 1 aromatic rings. The zero-order valence-electron chi connectivity index (χ0n) is 8.97. The van der Waals surface area contributed by atoms with Crippen molar-refractivity contribution < 1.29 is 23.5 Å². The fourth-order valence-electron chi connectivity index (χ4n) is 1.05. The molecule has 0 fully saturated rings. The largest absolute Gasteiger partial charge is 0.478 e. The second kappa shape index (κ2) is 6.75. The van der Waals surface area contributed by atoms with E-state index in [9.17, 15) is 18.4 Å². The smallest absolute Gasteiger partial charge is 0.328 e. The molecule has 0 aliphatic rings. The predicted octanol–water partition coefficient (Wildman–Crippen LogP) is 2.58. The Morgan fingerprint density at radius 2 is 1.83 bits per heavy atom. The van der Waals surface area contributed by atoms with E-state index in [0.717, 1.165) is 6.08 Å². The number of thioether (sulfide) groups is 1. The molecule has 7 heteroatoms. The Labute approximate surface area is 106 Å². The van der Waals surface area contributed by atoms with Crippen LogP contribution >= 0.6 is 11.8 Å². The summed E-state index contributed by atoms with van der Waals surface area (Å²) in [6.45, 7) is 0. The summed E-state index contributed by atoms with van der Waals surface area (Å²) >= 11 is 0.402. The van der Waals surface area contributed by atoms with Gasteiger partial charge in [0.1, 0.15) is 0 Å². The molecule has 0 radical (unpaired) electrons. The molecule has 0 aromatic heterocycles. The number of halogens is 2. The van der Waals surface area contributed by atoms with Gasteiger partial charge in [0.05, 0.1) is 0 Å². The van der Waals surface area contributed by atoms with Crippen molar-refractivity contribution in [2.45, 2.75) is 10.7 Å². The SMILES string of the molecule is O=C(O)/C=C\C(=O)Nc1ccc(SC(F)F)cc1. The monoisotopic (exact) mass is 273 g/mol. The van der Waals surface area contributed by atoms with Crippen LogP contribution in [0.4, 0.5) is 14.5 Å². The highest BCUT2D eigenvalue weighted by atomic mass is 32.2. The molecule has 0 heterocycles. The molecule has 0 saturated carbocycles. The zero-order valence-corrected chi connectivity index (χ0v) is 9.79. The van der Waals surface area contributed by atoms with Gasteiger partial charge in [0, 0.05) is 22.7 Å². The Morgan fingerprint density at radius 3 is 2.33 bits per heavy atom. The molecule has 4 nitrogen and oxygen atoms in total. The second-order valence-corrected chi connectivity index (χ2v) is 4.13. The topological polar surface area (TPSA) is 66.4 Å². The normalized spacial score (nSPS) is 10.8. The van der Waals surface area contributed by atoms with E-state index in [4.69, 9.17) is 5.11 Å². The van der Waals surface area contributed by atoms with Crippen molar-refractivity contribution in [3.63, 3.8) is 0 Å². The van der Waals surface area contributed by atoms with Crippen molar-refractivity contribution in [3.8, 4) is 0 Å². The molecule has 0 spiro atoms. The van der Waals surface area contributed by atoms with E-state index in [0.29, 0.717) is 28.4 Å². The fraction of sp³-hybridized carbons (Fsp3) is 0.0909. The third kappa shape index (κ3) is 5.44. The lowest BCUT2D eigenvalue weighted by molar-refractivity contribution is -0.131. The summed E-state index contributed by atoms with van der Waals surface area (Å²) in [5.74, 6) is -4.33. The third-order valence-corrected chi connectivity index (χ3v) is 2.45. The van der Waals surface area contributed by atoms with Crippen LogP contribution in [-0.4, -0.2) is 22.7 Å². The van der Waals surface area contributed by atoms with Crippen molar-refractivity contribution in [1.29, 1.82) is 0 Å². The summed E-state index contributed by atoms with van der Waals surface area (Å²) in [4.78, 5) is 21.7. The Balaban J connectivity index is 2.58. The van der Waals surface area contributed by atoms with Crippen molar-refractivity contribution in [3.05, 3.63) is 36.4 Å². The summed E-state index contributed by atoms with van der Waals surface area (Å²) in [6.07, 6.45) is 1.57. The minimum absolute atomic E-state index is 0.379. The number of aliphatic carboxylic acids is 1. The van der Waals surface area contributed by atoms with E-state index in [1.54, 1.807) is 0 Å². The summed E-state index contributed by atoms with van der Waals surface area (Å²) in [7, 11) is 0. The Bertz CT molecular complexity index is 460. The first-order valence-electron chi connectivity index (χ1n) is 4.74. The van der Waals surface area contributed by atoms with Crippen molar-refractivity contribution in [2.75, 3.05) is 5.32 Å². The summed E-state index contributed by atoms with van der Waals surface area (Å²) in [5.41, 5.74) is 0.397. The fourth-order valence-corrected chi connectivity index (χ4v) is 1.55. The van der Waals surface area contributed by atoms with Gasteiger partial charge < -0.3 is 10.4 Å². The average molecular weight is 273 g/mol. The molecule has 1 aromatic carbocycles. The molecule has 0 aliphatic carbocycles. The first-order valence-corrected chi connectivity index (χ1v) is 5.62. The second-order valence-electron chi connectivity index (χ2n) is 3.06. The third-order valence-electron chi connectivity index (χ3n) is 1.72. The number of amides is 1. The molecule has 2 N–H and O–H groups in total. The summed E-state index contributed by atoms with van der Waals surface area (Å²) < 4.78 is 24.1. The molecule has 0 atom stereocenters. The number of carbonyl (C=O) groups is 2. The first-order chi connectivity index (χ1) is 8.47. The quantitative estimate of drug-likeness (QED) is 0.639. The summed E-state index contributed by atoms with van der Waals surface area (Å²) in [6, 6.07) is 5.79. The van der Waals surface area contributed by atoms with Crippen molar-refractivity contribution >= 4 is 29.3 Å².